The van der Waals surface area contributed by atoms with Crippen LogP contribution in [-0.4, -0.2) is 4.57 Å². The third-order valence-corrected chi connectivity index (χ3v) is 11.0. The van der Waals surface area contributed by atoms with Crippen molar-refractivity contribution in [2.75, 3.05) is 4.90 Å². The van der Waals surface area contributed by atoms with Crippen molar-refractivity contribution in [3.05, 3.63) is 206 Å². The maximum absolute atomic E-state index is 6.74. The summed E-state index contributed by atoms with van der Waals surface area (Å²) in [5.74, 6) is 0. The van der Waals surface area contributed by atoms with Gasteiger partial charge in [0.15, 0.2) is 0 Å². The van der Waals surface area contributed by atoms with Crippen LogP contribution in [0.5, 0.6) is 0 Å². The number of anilines is 3. The van der Waals surface area contributed by atoms with Crippen molar-refractivity contribution in [1.29, 1.82) is 0 Å². The van der Waals surface area contributed by atoms with Crippen molar-refractivity contribution in [3.8, 4) is 27.9 Å². The van der Waals surface area contributed by atoms with Crippen LogP contribution in [0.4, 0.5) is 17.1 Å². The minimum Gasteiger partial charge on any atom is -0.456 e. The highest BCUT2D eigenvalue weighted by molar-refractivity contribution is 6.14. The molecule has 0 radical (unpaired) electrons. The number of fused-ring (bicyclic) bond motifs is 7. The third-order valence-electron chi connectivity index (χ3n) is 11.0. The van der Waals surface area contributed by atoms with Gasteiger partial charge >= 0.3 is 0 Å². The molecule has 0 unspecified atom stereocenters. The molecule has 0 saturated carbocycles. The highest BCUT2D eigenvalue weighted by Crippen LogP contribution is 2.43. The monoisotopic (exact) mass is 702 g/mol. The summed E-state index contributed by atoms with van der Waals surface area (Å²) in [6, 6.07) is 73.8. The Balaban J connectivity index is 1.07. The Kier molecular flexibility index (Phi) is 7.17. The summed E-state index contributed by atoms with van der Waals surface area (Å²) in [7, 11) is 0. The fraction of sp³-hybridized carbons (Fsp3) is 0. The number of rotatable bonds is 6. The van der Waals surface area contributed by atoms with Gasteiger partial charge in [-0.3, -0.25) is 0 Å². The van der Waals surface area contributed by atoms with E-state index in [1.54, 1.807) is 0 Å². The fourth-order valence-electron chi connectivity index (χ4n) is 8.46. The summed E-state index contributed by atoms with van der Waals surface area (Å²) in [5.41, 5.74) is 13.2. The van der Waals surface area contributed by atoms with Crippen molar-refractivity contribution in [3.63, 3.8) is 0 Å². The zero-order valence-corrected chi connectivity index (χ0v) is 29.9. The molecule has 0 fully saturated rings. The molecule has 3 nitrogen and oxygen atoms in total. The highest BCUT2D eigenvalue weighted by Gasteiger charge is 2.20. The number of hydrogen-bond donors (Lipinski definition) is 0. The van der Waals surface area contributed by atoms with Gasteiger partial charge in [-0.25, -0.2) is 0 Å². The molecule has 0 aliphatic rings. The van der Waals surface area contributed by atoms with E-state index in [0.29, 0.717) is 0 Å². The first kappa shape index (κ1) is 31.2. The van der Waals surface area contributed by atoms with E-state index < -0.39 is 0 Å². The van der Waals surface area contributed by atoms with Crippen LogP contribution in [0.25, 0.3) is 82.5 Å². The summed E-state index contributed by atoms with van der Waals surface area (Å²) in [6.07, 6.45) is 0. The molecule has 11 rings (SSSR count). The first-order valence-corrected chi connectivity index (χ1v) is 18.8. The molecule has 0 bridgehead atoms. The second-order valence-electron chi connectivity index (χ2n) is 14.1. The van der Waals surface area contributed by atoms with Gasteiger partial charge in [0.25, 0.3) is 0 Å². The van der Waals surface area contributed by atoms with Gasteiger partial charge in [0.05, 0.1) is 22.1 Å². The molecule has 0 N–H and O–H groups in total. The number of furan rings is 1. The Hall–Kier alpha value is -7.36. The molecular formula is C52H34N2O. The zero-order chi connectivity index (χ0) is 36.3. The van der Waals surface area contributed by atoms with Crippen LogP contribution in [0.2, 0.25) is 0 Å². The number of aromatic nitrogens is 1. The normalized spacial score (nSPS) is 11.6. The third kappa shape index (κ3) is 5.13. The van der Waals surface area contributed by atoms with Gasteiger partial charge in [0.2, 0.25) is 0 Å². The lowest BCUT2D eigenvalue weighted by Crippen LogP contribution is -2.09. The molecule has 0 atom stereocenters. The maximum atomic E-state index is 6.74. The first-order chi connectivity index (χ1) is 27.3. The molecule has 0 aliphatic heterocycles. The lowest BCUT2D eigenvalue weighted by molar-refractivity contribution is 0.669. The molecule has 3 heteroatoms. The highest BCUT2D eigenvalue weighted by atomic mass is 16.3. The number of para-hydroxylation sites is 2. The smallest absolute Gasteiger partial charge is 0.137 e. The molecule has 55 heavy (non-hydrogen) atoms. The number of benzene rings is 9. The molecule has 0 aliphatic carbocycles. The largest absolute Gasteiger partial charge is 0.456 e. The summed E-state index contributed by atoms with van der Waals surface area (Å²) in [4.78, 5) is 2.33. The summed E-state index contributed by atoms with van der Waals surface area (Å²) in [5, 5.41) is 7.08. The van der Waals surface area contributed by atoms with E-state index in [9.17, 15) is 0 Å². The first-order valence-electron chi connectivity index (χ1n) is 18.8. The molecule has 0 spiro atoms. The van der Waals surface area contributed by atoms with Crippen molar-refractivity contribution < 1.29 is 4.42 Å². The van der Waals surface area contributed by atoms with Crippen LogP contribution in [-0.2, 0) is 0 Å². The Morgan fingerprint density at radius 3 is 1.69 bits per heavy atom. The van der Waals surface area contributed by atoms with E-state index in [-0.39, 0.29) is 0 Å². The van der Waals surface area contributed by atoms with E-state index in [0.717, 1.165) is 44.7 Å². The lowest BCUT2D eigenvalue weighted by Gasteiger charge is -2.26. The maximum Gasteiger partial charge on any atom is 0.137 e. The predicted molar refractivity (Wildman–Crippen MR) is 231 cm³/mol. The van der Waals surface area contributed by atoms with E-state index >= 15 is 0 Å². The van der Waals surface area contributed by atoms with Gasteiger partial charge in [0, 0.05) is 39.3 Å². The zero-order valence-electron chi connectivity index (χ0n) is 29.9. The summed E-state index contributed by atoms with van der Waals surface area (Å²) >= 11 is 0. The Bertz CT molecular complexity index is 3150. The predicted octanol–water partition coefficient (Wildman–Crippen LogP) is 14.6. The molecular weight excluding hydrogens is 669 g/mol. The van der Waals surface area contributed by atoms with Gasteiger partial charge in [-0.05, 0) is 93.7 Å². The van der Waals surface area contributed by atoms with Gasteiger partial charge < -0.3 is 13.9 Å². The second-order valence-corrected chi connectivity index (χ2v) is 14.1. The molecule has 2 heterocycles. The average molecular weight is 703 g/mol. The standard InChI is InChI=1S/C52H34N2O/c1-2-14-36(15-3-1)42-17-6-7-18-43(42)37-26-28-39(29-27-37)53(40-30-25-35-13-4-5-16-38(35)33-40)41-31-32-46-51(34-41)55-50-24-12-23-49(52(46)50)54-47-21-10-8-19-44(47)45-20-9-11-22-48(45)54/h1-34H. The van der Waals surface area contributed by atoms with Crippen LogP contribution in [0, 0.1) is 0 Å². The van der Waals surface area contributed by atoms with Gasteiger partial charge in [0.1, 0.15) is 11.2 Å². The van der Waals surface area contributed by atoms with Gasteiger partial charge in [-0.15, -0.1) is 0 Å². The van der Waals surface area contributed by atoms with Gasteiger partial charge in [-0.2, -0.15) is 0 Å². The van der Waals surface area contributed by atoms with E-state index in [2.05, 4.69) is 216 Å². The van der Waals surface area contributed by atoms with E-state index in [1.807, 2.05) is 0 Å². The van der Waals surface area contributed by atoms with E-state index in [1.165, 1.54) is 54.8 Å². The Labute approximate surface area is 318 Å². The van der Waals surface area contributed by atoms with Crippen molar-refractivity contribution in [2.45, 2.75) is 0 Å². The Morgan fingerprint density at radius 1 is 0.364 bits per heavy atom. The van der Waals surface area contributed by atoms with Gasteiger partial charge in [-0.1, -0.05) is 140 Å². The van der Waals surface area contributed by atoms with E-state index in [4.69, 9.17) is 4.42 Å². The molecule has 11 aromatic rings. The topological polar surface area (TPSA) is 21.3 Å². The number of nitrogens with zero attached hydrogens (tertiary/aromatic N) is 2. The van der Waals surface area contributed by atoms with Crippen molar-refractivity contribution >= 4 is 71.6 Å². The van der Waals surface area contributed by atoms with Crippen LogP contribution in [0.15, 0.2) is 211 Å². The minimum absolute atomic E-state index is 0.847. The molecule has 0 amide bonds. The minimum atomic E-state index is 0.847. The molecule has 0 saturated heterocycles. The van der Waals surface area contributed by atoms with Crippen molar-refractivity contribution in [1.82, 2.24) is 4.57 Å². The summed E-state index contributed by atoms with van der Waals surface area (Å²) < 4.78 is 9.12. The Morgan fingerprint density at radius 2 is 0.945 bits per heavy atom. The quantitative estimate of drug-likeness (QED) is 0.172. The van der Waals surface area contributed by atoms with Crippen LogP contribution in [0.1, 0.15) is 0 Å². The molecule has 2 aromatic heterocycles. The van der Waals surface area contributed by atoms with Crippen LogP contribution >= 0.6 is 0 Å². The molecule has 258 valence electrons. The second kappa shape index (κ2) is 12.6. The van der Waals surface area contributed by atoms with Crippen LogP contribution in [0.3, 0.4) is 0 Å². The fourth-order valence-corrected chi connectivity index (χ4v) is 8.46. The average Bonchev–Trinajstić information content (AvgIpc) is 3.80. The van der Waals surface area contributed by atoms with Crippen molar-refractivity contribution in [2.24, 2.45) is 0 Å². The SMILES string of the molecule is c1ccc(-c2ccccc2-c2ccc(N(c3ccc4ccccc4c3)c3ccc4c(c3)oc3cccc(-n5c6ccccc6c6ccccc65)c34)cc2)cc1. The van der Waals surface area contributed by atoms with Crippen LogP contribution < -0.4 is 4.90 Å². The number of hydrogen-bond acceptors (Lipinski definition) is 2. The lowest BCUT2D eigenvalue weighted by atomic mass is 9.94. The molecule has 9 aromatic carbocycles. The summed E-state index contributed by atoms with van der Waals surface area (Å²) in [6.45, 7) is 0.